The number of aromatic nitrogens is 2. The van der Waals surface area contributed by atoms with E-state index in [1.165, 1.54) is 23.1 Å². The molecule has 0 spiro atoms. The number of nitrogens with zero attached hydrogens (tertiary/aromatic N) is 3. The Morgan fingerprint density at radius 3 is 2.74 bits per heavy atom. The van der Waals surface area contributed by atoms with Crippen molar-refractivity contribution >= 4 is 35.2 Å². The first-order valence-electron chi connectivity index (χ1n) is 9.78. The highest BCUT2D eigenvalue weighted by Gasteiger charge is 2.12. The van der Waals surface area contributed by atoms with Crippen LogP contribution >= 0.6 is 23.1 Å². The van der Waals surface area contributed by atoms with Crippen molar-refractivity contribution in [3.8, 4) is 11.5 Å². The molecule has 0 bridgehead atoms. The van der Waals surface area contributed by atoms with Crippen molar-refractivity contribution < 1.29 is 14.3 Å². The standard InChI is InChI=1S/C22H24N4O3S2/c1-4-28-20-12-17(10-11-19(20)29-15(2)18-8-6-5-7-9-18)13-23-25-21(27)14-30-22-26-24-16(3)31-22/h5-13,15H,4,14H2,1-3H3,(H,25,27)/b23-13+. The normalized spacial score (nSPS) is 12.0. The summed E-state index contributed by atoms with van der Waals surface area (Å²) in [6, 6.07) is 15.6. The molecule has 1 atom stereocenters. The van der Waals surface area contributed by atoms with E-state index in [-0.39, 0.29) is 17.8 Å². The van der Waals surface area contributed by atoms with E-state index in [4.69, 9.17) is 9.47 Å². The van der Waals surface area contributed by atoms with Gasteiger partial charge >= 0.3 is 0 Å². The van der Waals surface area contributed by atoms with Gasteiger partial charge in [0.1, 0.15) is 11.1 Å². The Hall–Kier alpha value is -2.91. The maximum atomic E-state index is 12.0. The number of hydrazone groups is 1. The summed E-state index contributed by atoms with van der Waals surface area (Å²) >= 11 is 2.79. The minimum Gasteiger partial charge on any atom is -0.490 e. The number of carbonyl (C=O) groups is 1. The molecule has 0 saturated heterocycles. The maximum Gasteiger partial charge on any atom is 0.250 e. The van der Waals surface area contributed by atoms with Gasteiger partial charge in [0, 0.05) is 0 Å². The third-order valence-corrected chi connectivity index (χ3v) is 6.05. The fraction of sp³-hybridized carbons (Fsp3) is 0.273. The highest BCUT2D eigenvalue weighted by molar-refractivity contribution is 8.01. The number of hydrogen-bond donors (Lipinski definition) is 1. The summed E-state index contributed by atoms with van der Waals surface area (Å²) in [7, 11) is 0. The average Bonchev–Trinajstić information content (AvgIpc) is 3.20. The van der Waals surface area contributed by atoms with Gasteiger partial charge in [-0.1, -0.05) is 53.4 Å². The fourth-order valence-electron chi connectivity index (χ4n) is 2.63. The molecule has 0 fully saturated rings. The van der Waals surface area contributed by atoms with Crippen LogP contribution in [0.4, 0.5) is 0 Å². The third-order valence-electron chi connectivity index (χ3n) is 4.08. The topological polar surface area (TPSA) is 85.7 Å². The van der Waals surface area contributed by atoms with E-state index in [9.17, 15) is 4.79 Å². The Balaban J connectivity index is 1.58. The van der Waals surface area contributed by atoms with E-state index in [1.54, 1.807) is 6.21 Å². The van der Waals surface area contributed by atoms with Crippen LogP contribution in [0.5, 0.6) is 11.5 Å². The van der Waals surface area contributed by atoms with E-state index in [0.717, 1.165) is 20.5 Å². The van der Waals surface area contributed by atoms with Gasteiger partial charge in [-0.05, 0) is 50.1 Å². The van der Waals surface area contributed by atoms with Crippen LogP contribution in [0.25, 0.3) is 0 Å². The lowest BCUT2D eigenvalue weighted by Crippen LogP contribution is -2.19. The number of benzene rings is 2. The summed E-state index contributed by atoms with van der Waals surface area (Å²) < 4.78 is 12.6. The second-order valence-electron chi connectivity index (χ2n) is 6.48. The number of rotatable bonds is 10. The lowest BCUT2D eigenvalue weighted by atomic mass is 10.1. The molecule has 1 N–H and O–H groups in total. The van der Waals surface area contributed by atoms with Gasteiger partial charge in [0.2, 0.25) is 0 Å². The third kappa shape index (κ3) is 7.08. The van der Waals surface area contributed by atoms with Gasteiger partial charge < -0.3 is 9.47 Å². The van der Waals surface area contributed by atoms with Gasteiger partial charge in [-0.15, -0.1) is 10.2 Å². The number of nitrogens with one attached hydrogen (secondary N) is 1. The zero-order valence-corrected chi connectivity index (χ0v) is 19.2. The van der Waals surface area contributed by atoms with Crippen molar-refractivity contribution in [3.63, 3.8) is 0 Å². The van der Waals surface area contributed by atoms with Crippen molar-refractivity contribution in [2.45, 2.75) is 31.2 Å². The summed E-state index contributed by atoms with van der Waals surface area (Å²) in [6.07, 6.45) is 1.46. The molecule has 0 aliphatic rings. The number of aryl methyl sites for hydroxylation is 1. The molecule has 0 aliphatic heterocycles. The molecular weight excluding hydrogens is 432 g/mol. The van der Waals surface area contributed by atoms with Gasteiger partial charge in [-0.25, -0.2) is 5.43 Å². The summed E-state index contributed by atoms with van der Waals surface area (Å²) in [5.41, 5.74) is 4.39. The molecule has 1 amide bonds. The highest BCUT2D eigenvalue weighted by atomic mass is 32.2. The summed E-state index contributed by atoms with van der Waals surface area (Å²) in [6.45, 7) is 6.30. The summed E-state index contributed by atoms with van der Waals surface area (Å²) in [5, 5.41) is 12.8. The molecule has 162 valence electrons. The van der Waals surface area contributed by atoms with Gasteiger partial charge in [0.15, 0.2) is 15.8 Å². The zero-order chi connectivity index (χ0) is 22.1. The Morgan fingerprint density at radius 2 is 2.03 bits per heavy atom. The first-order chi connectivity index (χ1) is 15.0. The van der Waals surface area contributed by atoms with E-state index in [1.807, 2.05) is 69.3 Å². The lowest BCUT2D eigenvalue weighted by Gasteiger charge is -2.18. The average molecular weight is 457 g/mol. The number of thioether (sulfide) groups is 1. The Morgan fingerprint density at radius 1 is 1.23 bits per heavy atom. The van der Waals surface area contributed by atoms with Gasteiger partial charge in [-0.2, -0.15) is 5.10 Å². The predicted octanol–water partition coefficient (Wildman–Crippen LogP) is 4.63. The van der Waals surface area contributed by atoms with Crippen molar-refractivity contribution in [1.82, 2.24) is 15.6 Å². The van der Waals surface area contributed by atoms with Gasteiger partial charge in [0.05, 0.1) is 18.6 Å². The molecule has 1 unspecified atom stereocenters. The minimum atomic E-state index is -0.212. The van der Waals surface area contributed by atoms with Crippen molar-refractivity contribution in [1.29, 1.82) is 0 Å². The smallest absolute Gasteiger partial charge is 0.250 e. The molecule has 3 aromatic rings. The predicted molar refractivity (Wildman–Crippen MR) is 124 cm³/mol. The second-order valence-corrected chi connectivity index (χ2v) is 8.88. The lowest BCUT2D eigenvalue weighted by molar-refractivity contribution is -0.118. The molecule has 9 heteroatoms. The quantitative estimate of drug-likeness (QED) is 0.272. The van der Waals surface area contributed by atoms with Crippen LogP contribution in [0.1, 0.15) is 36.1 Å². The number of amides is 1. The van der Waals surface area contributed by atoms with E-state index < -0.39 is 0 Å². The van der Waals surface area contributed by atoms with Crippen LogP contribution in [0.3, 0.4) is 0 Å². The monoisotopic (exact) mass is 456 g/mol. The number of ether oxygens (including phenoxy) is 2. The maximum absolute atomic E-state index is 12.0. The molecule has 1 aromatic heterocycles. The minimum absolute atomic E-state index is 0.117. The first kappa shape index (κ1) is 22.8. The van der Waals surface area contributed by atoms with E-state index in [2.05, 4.69) is 20.7 Å². The molecule has 31 heavy (non-hydrogen) atoms. The molecule has 7 nitrogen and oxygen atoms in total. The molecule has 0 aliphatic carbocycles. The molecule has 2 aromatic carbocycles. The van der Waals surface area contributed by atoms with Crippen LogP contribution in [0.15, 0.2) is 58.0 Å². The largest absolute Gasteiger partial charge is 0.490 e. The molecule has 0 saturated carbocycles. The van der Waals surface area contributed by atoms with Gasteiger partial charge in [0.25, 0.3) is 5.91 Å². The van der Waals surface area contributed by atoms with Crippen LogP contribution in [-0.2, 0) is 4.79 Å². The number of hydrogen-bond acceptors (Lipinski definition) is 8. The second kappa shape index (κ2) is 11.5. The van der Waals surface area contributed by atoms with E-state index in [0.29, 0.717) is 18.1 Å². The summed E-state index contributed by atoms with van der Waals surface area (Å²) in [5.74, 6) is 1.29. The van der Waals surface area contributed by atoms with Gasteiger partial charge in [-0.3, -0.25) is 4.79 Å². The number of carbonyl (C=O) groups excluding carboxylic acids is 1. The molecule has 0 radical (unpaired) electrons. The SMILES string of the molecule is CCOc1cc(/C=N/NC(=O)CSc2nnc(C)s2)ccc1OC(C)c1ccccc1. The molecule has 3 rings (SSSR count). The molecular formula is C22H24N4O3S2. The fourth-order valence-corrected chi connectivity index (χ4v) is 4.24. The Labute approximate surface area is 189 Å². The Bertz CT molecular complexity index is 1020. The Kier molecular flexibility index (Phi) is 8.43. The van der Waals surface area contributed by atoms with Crippen molar-refractivity contribution in [2.24, 2.45) is 5.10 Å². The van der Waals surface area contributed by atoms with Crippen LogP contribution in [-0.4, -0.2) is 34.7 Å². The van der Waals surface area contributed by atoms with E-state index >= 15 is 0 Å². The van der Waals surface area contributed by atoms with Crippen LogP contribution in [0.2, 0.25) is 0 Å². The van der Waals surface area contributed by atoms with Crippen molar-refractivity contribution in [2.75, 3.05) is 12.4 Å². The highest BCUT2D eigenvalue weighted by Crippen LogP contribution is 2.32. The van der Waals surface area contributed by atoms with Crippen LogP contribution in [0, 0.1) is 6.92 Å². The van der Waals surface area contributed by atoms with Crippen LogP contribution < -0.4 is 14.9 Å². The first-order valence-corrected chi connectivity index (χ1v) is 11.6. The molecule has 1 heterocycles. The zero-order valence-electron chi connectivity index (χ0n) is 17.6. The summed E-state index contributed by atoms with van der Waals surface area (Å²) in [4.78, 5) is 12.0. The van der Waals surface area contributed by atoms with Crippen molar-refractivity contribution in [3.05, 3.63) is 64.7 Å².